The Morgan fingerprint density at radius 3 is 2.67 bits per heavy atom. The molecule has 0 bridgehead atoms. The van der Waals surface area contributed by atoms with Gasteiger partial charge in [0.25, 0.3) is 0 Å². The van der Waals surface area contributed by atoms with Crippen LogP contribution < -0.4 is 9.47 Å². The summed E-state index contributed by atoms with van der Waals surface area (Å²) >= 11 is 0. The van der Waals surface area contributed by atoms with Gasteiger partial charge in [-0.15, -0.1) is 6.58 Å². The number of methoxy groups -OCH3 is 1. The number of hydrogen-bond donors (Lipinski definition) is 0. The van der Waals surface area contributed by atoms with Gasteiger partial charge in [0.15, 0.2) is 11.5 Å². The van der Waals surface area contributed by atoms with E-state index in [-0.39, 0.29) is 5.97 Å². The molecule has 0 unspecified atom stereocenters. The molecule has 96 valence electrons. The zero-order valence-electron chi connectivity index (χ0n) is 11.0. The Labute approximate surface area is 108 Å². The Bertz CT molecular complexity index is 473. The summed E-state index contributed by atoms with van der Waals surface area (Å²) in [4.78, 5) is 11.7. The monoisotopic (exact) mass is 246 g/mol. The molecule has 0 saturated heterocycles. The number of carbonyl (C=O) groups excluding carboxylic acids is 1. The summed E-state index contributed by atoms with van der Waals surface area (Å²) in [6.07, 6.45) is 4.27. The lowest BCUT2D eigenvalue weighted by Gasteiger charge is -2.10. The van der Waals surface area contributed by atoms with Gasteiger partial charge in [0.1, 0.15) is 0 Å². The molecule has 0 atom stereocenters. The molecule has 3 heteroatoms. The van der Waals surface area contributed by atoms with Crippen LogP contribution in [0.1, 0.15) is 19.4 Å². The second kappa shape index (κ2) is 6.64. The summed E-state index contributed by atoms with van der Waals surface area (Å²) in [5.41, 5.74) is 1.62. The van der Waals surface area contributed by atoms with Crippen molar-refractivity contribution in [1.82, 2.24) is 0 Å². The average molecular weight is 246 g/mol. The summed E-state index contributed by atoms with van der Waals surface area (Å²) < 4.78 is 10.5. The highest BCUT2D eigenvalue weighted by molar-refractivity contribution is 5.89. The number of carbonyl (C=O) groups is 1. The van der Waals surface area contributed by atoms with E-state index < -0.39 is 0 Å². The summed E-state index contributed by atoms with van der Waals surface area (Å²) in [7, 11) is 1.55. The fourth-order valence-corrected chi connectivity index (χ4v) is 1.39. The number of rotatable bonds is 5. The van der Waals surface area contributed by atoms with Crippen LogP contribution in [0, 0.1) is 0 Å². The molecule has 0 fully saturated rings. The summed E-state index contributed by atoms with van der Waals surface area (Å²) in [6, 6.07) is 5.46. The van der Waals surface area contributed by atoms with Gasteiger partial charge >= 0.3 is 5.97 Å². The van der Waals surface area contributed by atoms with E-state index in [1.54, 1.807) is 33.1 Å². The quantitative estimate of drug-likeness (QED) is 0.346. The Balaban J connectivity index is 2.95. The van der Waals surface area contributed by atoms with E-state index in [0.29, 0.717) is 17.1 Å². The maximum Gasteiger partial charge on any atom is 0.338 e. The third kappa shape index (κ3) is 3.48. The molecule has 0 spiro atoms. The van der Waals surface area contributed by atoms with Crippen molar-refractivity contribution in [2.75, 3.05) is 7.11 Å². The van der Waals surface area contributed by atoms with Crippen LogP contribution in [0.4, 0.5) is 0 Å². The second-order valence-corrected chi connectivity index (χ2v) is 3.84. The van der Waals surface area contributed by atoms with Crippen LogP contribution in [0.2, 0.25) is 0 Å². The lowest BCUT2D eigenvalue weighted by molar-refractivity contribution is -0.130. The highest BCUT2D eigenvalue weighted by Gasteiger charge is 2.11. The van der Waals surface area contributed by atoms with E-state index in [1.807, 2.05) is 18.2 Å². The van der Waals surface area contributed by atoms with Crippen LogP contribution >= 0.6 is 0 Å². The summed E-state index contributed by atoms with van der Waals surface area (Å²) in [5.74, 6) is 0.607. The highest BCUT2D eigenvalue weighted by atomic mass is 16.6. The average Bonchev–Trinajstić information content (AvgIpc) is 2.39. The van der Waals surface area contributed by atoms with Crippen molar-refractivity contribution in [2.45, 2.75) is 20.3 Å². The van der Waals surface area contributed by atoms with Crippen molar-refractivity contribution < 1.29 is 14.3 Å². The minimum absolute atomic E-state index is 0.368. The van der Waals surface area contributed by atoms with Crippen molar-refractivity contribution in [1.29, 1.82) is 0 Å². The van der Waals surface area contributed by atoms with Gasteiger partial charge in [-0.05, 0) is 38.0 Å². The summed E-state index contributed by atoms with van der Waals surface area (Å²) in [6.45, 7) is 7.18. The molecule has 0 N–H and O–H groups in total. The van der Waals surface area contributed by atoms with Crippen LogP contribution in [-0.2, 0) is 11.2 Å². The first kappa shape index (κ1) is 14.0. The molecular formula is C15H18O3. The van der Waals surface area contributed by atoms with Crippen LogP contribution in [0.25, 0.3) is 0 Å². The molecule has 0 heterocycles. The number of allylic oxidation sites excluding steroid dienone is 2. The molecule has 1 aromatic carbocycles. The minimum Gasteiger partial charge on any atom is -0.493 e. The van der Waals surface area contributed by atoms with Crippen molar-refractivity contribution in [3.05, 3.63) is 48.1 Å². The van der Waals surface area contributed by atoms with E-state index in [9.17, 15) is 4.79 Å². The molecule has 0 saturated carbocycles. The zero-order valence-corrected chi connectivity index (χ0v) is 11.0. The molecule has 0 aliphatic carbocycles. The van der Waals surface area contributed by atoms with Crippen LogP contribution in [-0.4, -0.2) is 13.1 Å². The molecule has 18 heavy (non-hydrogen) atoms. The van der Waals surface area contributed by atoms with Crippen molar-refractivity contribution in [3.8, 4) is 11.5 Å². The molecule has 1 aromatic rings. The molecule has 0 aromatic heterocycles. The third-order valence-electron chi connectivity index (χ3n) is 2.57. The zero-order chi connectivity index (χ0) is 13.5. The van der Waals surface area contributed by atoms with E-state index in [1.165, 1.54) is 0 Å². The Morgan fingerprint density at radius 2 is 2.11 bits per heavy atom. The first-order valence-corrected chi connectivity index (χ1v) is 5.75. The van der Waals surface area contributed by atoms with Gasteiger partial charge in [0.05, 0.1) is 7.11 Å². The fraction of sp³-hybridized carbons (Fsp3) is 0.267. The van der Waals surface area contributed by atoms with Gasteiger partial charge in [0.2, 0.25) is 0 Å². The number of benzene rings is 1. The molecule has 0 aliphatic heterocycles. The van der Waals surface area contributed by atoms with Gasteiger partial charge in [-0.3, -0.25) is 0 Å². The first-order valence-electron chi connectivity index (χ1n) is 5.75. The maximum atomic E-state index is 11.7. The van der Waals surface area contributed by atoms with Crippen LogP contribution in [0.3, 0.4) is 0 Å². The van der Waals surface area contributed by atoms with E-state index in [4.69, 9.17) is 9.47 Å². The standard InChI is InChI=1S/C15H18O3/c1-5-7-12-8-9-13(14(10-12)17-4)18-15(16)11(3)6-2/h5-6,8-10H,1,7H2,2-4H3. The smallest absolute Gasteiger partial charge is 0.338 e. The van der Waals surface area contributed by atoms with Gasteiger partial charge in [-0.1, -0.05) is 18.2 Å². The van der Waals surface area contributed by atoms with Gasteiger partial charge in [-0.2, -0.15) is 0 Å². The van der Waals surface area contributed by atoms with E-state index >= 15 is 0 Å². The van der Waals surface area contributed by atoms with Gasteiger partial charge in [-0.25, -0.2) is 4.79 Å². The second-order valence-electron chi connectivity index (χ2n) is 3.84. The molecule has 0 amide bonds. The normalized spacial score (nSPS) is 10.9. The van der Waals surface area contributed by atoms with Gasteiger partial charge < -0.3 is 9.47 Å². The van der Waals surface area contributed by atoms with Crippen LogP contribution in [0.5, 0.6) is 11.5 Å². The lowest BCUT2D eigenvalue weighted by atomic mass is 10.1. The summed E-state index contributed by atoms with van der Waals surface area (Å²) in [5, 5.41) is 0. The van der Waals surface area contributed by atoms with E-state index in [2.05, 4.69) is 6.58 Å². The molecular weight excluding hydrogens is 228 g/mol. The van der Waals surface area contributed by atoms with Crippen LogP contribution in [0.15, 0.2) is 42.5 Å². The predicted octanol–water partition coefficient (Wildman–Crippen LogP) is 3.30. The molecule has 3 nitrogen and oxygen atoms in total. The SMILES string of the molecule is C=CCc1ccc(OC(=O)C(C)=CC)c(OC)c1. The largest absolute Gasteiger partial charge is 0.493 e. The Morgan fingerprint density at radius 1 is 1.39 bits per heavy atom. The topological polar surface area (TPSA) is 35.5 Å². The lowest BCUT2D eigenvalue weighted by Crippen LogP contribution is -2.09. The molecule has 1 rings (SSSR count). The number of ether oxygens (including phenoxy) is 2. The fourth-order valence-electron chi connectivity index (χ4n) is 1.39. The minimum atomic E-state index is -0.368. The first-order chi connectivity index (χ1) is 8.62. The highest BCUT2D eigenvalue weighted by Crippen LogP contribution is 2.28. The number of hydrogen-bond acceptors (Lipinski definition) is 3. The Kier molecular flexibility index (Phi) is 5.18. The maximum absolute atomic E-state index is 11.7. The number of esters is 1. The van der Waals surface area contributed by atoms with E-state index in [0.717, 1.165) is 12.0 Å². The van der Waals surface area contributed by atoms with Crippen molar-refractivity contribution in [2.24, 2.45) is 0 Å². The van der Waals surface area contributed by atoms with Gasteiger partial charge in [0, 0.05) is 5.57 Å². The Hall–Kier alpha value is -2.03. The molecule has 0 radical (unpaired) electrons. The van der Waals surface area contributed by atoms with Crippen molar-refractivity contribution in [3.63, 3.8) is 0 Å². The molecule has 0 aliphatic rings. The third-order valence-corrected chi connectivity index (χ3v) is 2.57. The predicted molar refractivity (Wildman–Crippen MR) is 72.0 cm³/mol. The van der Waals surface area contributed by atoms with Crippen molar-refractivity contribution >= 4 is 5.97 Å².